The number of fused-ring (bicyclic) bond motifs is 1. The summed E-state index contributed by atoms with van der Waals surface area (Å²) in [5, 5.41) is 7.64. The Hall–Kier alpha value is -2.06. The van der Waals surface area contributed by atoms with Crippen LogP contribution in [0.5, 0.6) is 0 Å². The third-order valence-corrected chi connectivity index (χ3v) is 7.50. The third kappa shape index (κ3) is 4.49. The van der Waals surface area contributed by atoms with E-state index in [4.69, 9.17) is 17.0 Å². The van der Waals surface area contributed by atoms with Crippen LogP contribution in [0.3, 0.4) is 0 Å². The maximum atomic E-state index is 12.6. The zero-order chi connectivity index (χ0) is 21.4. The lowest BCUT2D eigenvalue weighted by atomic mass is 9.84. The molecule has 0 radical (unpaired) electrons. The molecule has 2 aliphatic carbocycles. The number of thiocarbonyl (C=S) groups is 1. The van der Waals surface area contributed by atoms with Crippen LogP contribution in [0.15, 0.2) is 6.07 Å². The van der Waals surface area contributed by atoms with E-state index in [0.717, 1.165) is 65.5 Å². The van der Waals surface area contributed by atoms with Gasteiger partial charge in [0, 0.05) is 41.6 Å². The number of carbonyl (C=O) groups excluding carboxylic acids is 2. The Bertz CT molecular complexity index is 1000. The monoisotopic (exact) mass is 445 g/mol. The molecule has 0 aliphatic heterocycles. The normalized spacial score (nSPS) is 18.0. The van der Waals surface area contributed by atoms with Crippen LogP contribution in [-0.2, 0) is 35.8 Å². The maximum absolute atomic E-state index is 12.6. The first-order valence-electron chi connectivity index (χ1n) is 10.4. The van der Waals surface area contributed by atoms with Crippen LogP contribution in [0.1, 0.15) is 57.1 Å². The number of aromatic nitrogens is 2. The molecular weight excluding hydrogens is 418 g/mol. The standard InChI is InChI=1S/C22H27N3O3S2/c1-12-8-19(25(2)24-12)23-20(29)10-13-4-7-17-15(9-13)21(22(27)28-3)18(30-17)11-16(26)14-5-6-14/h8,13-14H,4-7,9-11H2,1-3H3,(H,23,29). The van der Waals surface area contributed by atoms with E-state index in [1.54, 1.807) is 16.0 Å². The van der Waals surface area contributed by atoms with Gasteiger partial charge in [-0.1, -0.05) is 12.2 Å². The molecule has 6 nitrogen and oxygen atoms in total. The number of ketones is 1. The molecule has 2 aromatic heterocycles. The highest BCUT2D eigenvalue weighted by Gasteiger charge is 2.34. The van der Waals surface area contributed by atoms with Gasteiger partial charge in [0.05, 0.1) is 23.4 Å². The van der Waals surface area contributed by atoms with Gasteiger partial charge in [0.1, 0.15) is 11.6 Å². The molecule has 2 aromatic rings. The topological polar surface area (TPSA) is 73.2 Å². The second-order valence-electron chi connectivity index (χ2n) is 8.37. The molecular formula is C22H27N3O3S2. The summed E-state index contributed by atoms with van der Waals surface area (Å²) < 4.78 is 6.87. The van der Waals surface area contributed by atoms with Crippen molar-refractivity contribution in [2.24, 2.45) is 18.9 Å². The van der Waals surface area contributed by atoms with E-state index in [9.17, 15) is 9.59 Å². The summed E-state index contributed by atoms with van der Waals surface area (Å²) in [6.45, 7) is 1.95. The number of nitrogens with one attached hydrogen (secondary N) is 1. The molecule has 30 heavy (non-hydrogen) atoms. The molecule has 1 fully saturated rings. The van der Waals surface area contributed by atoms with E-state index in [1.807, 2.05) is 20.0 Å². The fourth-order valence-corrected chi connectivity index (χ4v) is 5.93. The van der Waals surface area contributed by atoms with Crippen molar-refractivity contribution in [1.82, 2.24) is 9.78 Å². The van der Waals surface area contributed by atoms with Gasteiger partial charge in [-0.3, -0.25) is 9.48 Å². The zero-order valence-electron chi connectivity index (χ0n) is 17.6. The summed E-state index contributed by atoms with van der Waals surface area (Å²) in [5.41, 5.74) is 2.65. The number of aryl methyl sites for hydroxylation is 3. The zero-order valence-corrected chi connectivity index (χ0v) is 19.3. The average molecular weight is 446 g/mol. The van der Waals surface area contributed by atoms with Gasteiger partial charge in [0.2, 0.25) is 0 Å². The van der Waals surface area contributed by atoms with E-state index in [2.05, 4.69) is 10.4 Å². The molecule has 2 aliphatic rings. The van der Waals surface area contributed by atoms with Gasteiger partial charge in [-0.2, -0.15) is 5.10 Å². The van der Waals surface area contributed by atoms with E-state index in [1.165, 1.54) is 12.0 Å². The Labute approximate surface area is 186 Å². The molecule has 1 atom stereocenters. The molecule has 8 heteroatoms. The summed E-state index contributed by atoms with van der Waals surface area (Å²) in [6, 6.07) is 1.97. The minimum atomic E-state index is -0.321. The molecule has 0 aromatic carbocycles. The number of methoxy groups -OCH3 is 1. The molecule has 0 amide bonds. The molecule has 1 saturated carbocycles. The first-order valence-corrected chi connectivity index (χ1v) is 11.6. The van der Waals surface area contributed by atoms with Crippen LogP contribution in [0.25, 0.3) is 0 Å². The van der Waals surface area contributed by atoms with Gasteiger partial charge in [0.15, 0.2) is 0 Å². The fraction of sp³-hybridized carbons (Fsp3) is 0.545. The number of Topliss-reactive ketones (excluding diaryl/α,β-unsaturated/α-hetero) is 1. The summed E-state index contributed by atoms with van der Waals surface area (Å²) in [4.78, 5) is 27.9. The summed E-state index contributed by atoms with van der Waals surface area (Å²) >= 11 is 7.23. The molecule has 2 heterocycles. The highest BCUT2D eigenvalue weighted by atomic mass is 32.1. The summed E-state index contributed by atoms with van der Waals surface area (Å²) in [5.74, 6) is 1.38. The summed E-state index contributed by atoms with van der Waals surface area (Å²) in [6.07, 6.45) is 5.82. The predicted molar refractivity (Wildman–Crippen MR) is 121 cm³/mol. The van der Waals surface area contributed by atoms with Gasteiger partial charge in [-0.25, -0.2) is 4.79 Å². The quantitative estimate of drug-likeness (QED) is 0.512. The molecule has 0 spiro atoms. The molecule has 0 saturated heterocycles. The van der Waals surface area contributed by atoms with E-state index in [-0.39, 0.29) is 17.7 Å². The van der Waals surface area contributed by atoms with Gasteiger partial charge >= 0.3 is 5.97 Å². The largest absolute Gasteiger partial charge is 0.465 e. The lowest BCUT2D eigenvalue weighted by Crippen LogP contribution is -2.22. The molecule has 160 valence electrons. The number of hydrogen-bond acceptors (Lipinski definition) is 6. The first kappa shape index (κ1) is 21.2. The third-order valence-electron chi connectivity index (χ3n) is 5.94. The summed E-state index contributed by atoms with van der Waals surface area (Å²) in [7, 11) is 3.30. The lowest BCUT2D eigenvalue weighted by Gasteiger charge is -2.23. The second kappa shape index (κ2) is 8.59. The number of nitrogens with zero attached hydrogens (tertiary/aromatic N) is 2. The minimum absolute atomic E-state index is 0.196. The van der Waals surface area contributed by atoms with Gasteiger partial charge in [-0.15, -0.1) is 11.3 Å². The van der Waals surface area contributed by atoms with E-state index >= 15 is 0 Å². The maximum Gasteiger partial charge on any atom is 0.339 e. The minimum Gasteiger partial charge on any atom is -0.465 e. The lowest BCUT2D eigenvalue weighted by molar-refractivity contribution is -0.119. The number of hydrogen-bond donors (Lipinski definition) is 1. The van der Waals surface area contributed by atoms with Crippen molar-refractivity contribution >= 4 is 46.1 Å². The van der Waals surface area contributed by atoms with Crippen molar-refractivity contribution in [3.63, 3.8) is 0 Å². The second-order valence-corrected chi connectivity index (χ2v) is 10.0. The molecule has 1 unspecified atom stereocenters. The van der Waals surface area contributed by atoms with Crippen LogP contribution in [-0.4, -0.2) is 33.6 Å². The van der Waals surface area contributed by atoms with Gasteiger partial charge < -0.3 is 10.1 Å². The van der Waals surface area contributed by atoms with Crippen LogP contribution < -0.4 is 5.32 Å². The Morgan fingerprint density at radius 3 is 2.77 bits per heavy atom. The van der Waals surface area contributed by atoms with Crippen LogP contribution >= 0.6 is 23.6 Å². The van der Waals surface area contributed by atoms with Crippen molar-refractivity contribution in [1.29, 1.82) is 0 Å². The number of rotatable bonds is 7. The Morgan fingerprint density at radius 1 is 1.37 bits per heavy atom. The number of anilines is 1. The molecule has 1 N–H and O–H groups in total. The number of thiophene rings is 1. The van der Waals surface area contributed by atoms with E-state index < -0.39 is 0 Å². The smallest absolute Gasteiger partial charge is 0.339 e. The van der Waals surface area contributed by atoms with E-state index in [0.29, 0.717) is 17.9 Å². The SMILES string of the molecule is COC(=O)c1c(CC(=O)C2CC2)sc2c1CC(CC(=S)Nc1cc(C)nn1C)CC2. The van der Waals surface area contributed by atoms with Gasteiger partial charge in [0.25, 0.3) is 0 Å². The Balaban J connectivity index is 1.48. The number of ether oxygens (including phenoxy) is 1. The van der Waals surface area contributed by atoms with Crippen molar-refractivity contribution in [3.8, 4) is 0 Å². The van der Waals surface area contributed by atoms with Gasteiger partial charge in [-0.05, 0) is 50.5 Å². The highest BCUT2D eigenvalue weighted by Crippen LogP contribution is 2.40. The average Bonchev–Trinajstić information content (AvgIpc) is 3.42. The van der Waals surface area contributed by atoms with Crippen molar-refractivity contribution in [2.75, 3.05) is 12.4 Å². The van der Waals surface area contributed by atoms with Crippen molar-refractivity contribution in [3.05, 3.63) is 32.6 Å². The Morgan fingerprint density at radius 2 is 2.13 bits per heavy atom. The molecule has 4 rings (SSSR count). The van der Waals surface area contributed by atoms with Crippen LogP contribution in [0.4, 0.5) is 5.82 Å². The number of esters is 1. The Kier molecular flexibility index (Phi) is 6.06. The van der Waals surface area contributed by atoms with Crippen LogP contribution in [0, 0.1) is 18.8 Å². The van der Waals surface area contributed by atoms with Crippen molar-refractivity contribution in [2.45, 2.75) is 51.9 Å². The number of carbonyl (C=O) groups is 2. The van der Waals surface area contributed by atoms with Crippen molar-refractivity contribution < 1.29 is 14.3 Å². The fourth-order valence-electron chi connectivity index (χ4n) is 4.24. The molecule has 0 bridgehead atoms. The first-order chi connectivity index (χ1) is 14.4. The highest BCUT2D eigenvalue weighted by molar-refractivity contribution is 7.80. The predicted octanol–water partition coefficient (Wildman–Crippen LogP) is 4.03. The van der Waals surface area contributed by atoms with Crippen LogP contribution in [0.2, 0.25) is 0 Å².